The second-order valence-electron chi connectivity index (χ2n) is 6.92. The van der Waals surface area contributed by atoms with Gasteiger partial charge in [-0.05, 0) is 61.8 Å². The minimum Gasteiger partial charge on any atom is -0.245 e. The van der Waals surface area contributed by atoms with E-state index in [1.807, 2.05) is 12.1 Å². The Kier molecular flexibility index (Phi) is 6.00. The summed E-state index contributed by atoms with van der Waals surface area (Å²) in [5.41, 5.74) is 6.18. The van der Waals surface area contributed by atoms with Crippen molar-refractivity contribution < 1.29 is 0 Å². The van der Waals surface area contributed by atoms with Crippen molar-refractivity contribution in [3.05, 3.63) is 57.9 Å². The molecule has 0 N–H and O–H groups in total. The van der Waals surface area contributed by atoms with Crippen LogP contribution in [0.1, 0.15) is 46.5 Å². The Morgan fingerprint density at radius 3 is 1.68 bits per heavy atom. The predicted octanol–water partition coefficient (Wildman–Crippen LogP) is 4.64. The van der Waals surface area contributed by atoms with E-state index in [9.17, 15) is 10.5 Å². The largest absolute Gasteiger partial charge is 0.245 e. The third kappa shape index (κ3) is 4.09. The number of rotatable bonds is 6. The Balaban J connectivity index is 1.33. The van der Waals surface area contributed by atoms with Gasteiger partial charge in [0.2, 0.25) is 0 Å². The summed E-state index contributed by atoms with van der Waals surface area (Å²) in [6.45, 7) is 0. The second kappa shape index (κ2) is 8.82. The Hall–Kier alpha value is -2.28. The molecule has 2 aliphatic rings. The lowest BCUT2D eigenvalue weighted by Gasteiger charge is -2.06. The maximum Gasteiger partial charge on any atom is 0.114 e. The van der Waals surface area contributed by atoms with Crippen molar-refractivity contribution in [2.45, 2.75) is 48.6 Å². The molecular formula is C22H20N4S2. The van der Waals surface area contributed by atoms with Gasteiger partial charge in [-0.1, -0.05) is 12.2 Å². The molecule has 28 heavy (non-hydrogen) atoms. The molecule has 0 bridgehead atoms. The number of aromatic nitrogens is 2. The molecule has 6 heteroatoms. The lowest BCUT2D eigenvalue weighted by atomic mass is 10.2. The molecule has 0 saturated carbocycles. The molecule has 0 unspecified atom stereocenters. The minimum absolute atomic E-state index is 0.689. The molecule has 2 aromatic heterocycles. The molecule has 0 spiro atoms. The van der Waals surface area contributed by atoms with E-state index in [1.165, 1.54) is 11.1 Å². The number of pyridine rings is 2. The molecule has 4 nitrogen and oxygen atoms in total. The monoisotopic (exact) mass is 404 g/mol. The van der Waals surface area contributed by atoms with Crippen LogP contribution in [0, 0.1) is 22.7 Å². The van der Waals surface area contributed by atoms with Crippen molar-refractivity contribution in [1.82, 2.24) is 9.97 Å². The second-order valence-corrected chi connectivity index (χ2v) is 8.94. The Bertz CT molecular complexity index is 933. The molecular weight excluding hydrogens is 384 g/mol. The van der Waals surface area contributed by atoms with Crippen molar-refractivity contribution in [2.24, 2.45) is 0 Å². The number of nitriles is 2. The maximum absolute atomic E-state index is 9.37. The van der Waals surface area contributed by atoms with Crippen molar-refractivity contribution in [3.8, 4) is 12.1 Å². The average molecular weight is 405 g/mol. The van der Waals surface area contributed by atoms with Crippen LogP contribution in [-0.2, 0) is 25.7 Å². The van der Waals surface area contributed by atoms with E-state index in [1.54, 1.807) is 23.5 Å². The fourth-order valence-corrected chi connectivity index (χ4v) is 5.33. The topological polar surface area (TPSA) is 73.4 Å². The normalized spacial score (nSPS) is 14.6. The highest BCUT2D eigenvalue weighted by Gasteiger charge is 2.17. The first-order valence-corrected chi connectivity index (χ1v) is 11.5. The third-order valence-electron chi connectivity index (χ3n) is 5.07. The SMILES string of the molecule is N#Cc1cc2c(nc1SCC=CCSc1nc3c(cc1C#N)CCC3)CCC2. The van der Waals surface area contributed by atoms with Crippen LogP contribution < -0.4 is 0 Å². The summed E-state index contributed by atoms with van der Waals surface area (Å²) in [6, 6.07) is 8.59. The van der Waals surface area contributed by atoms with E-state index in [0.717, 1.165) is 71.5 Å². The molecule has 2 heterocycles. The van der Waals surface area contributed by atoms with Crippen LogP contribution in [0.3, 0.4) is 0 Å². The highest BCUT2D eigenvalue weighted by atomic mass is 32.2. The number of hydrogen-bond acceptors (Lipinski definition) is 6. The molecule has 0 atom stereocenters. The van der Waals surface area contributed by atoms with E-state index in [2.05, 4.69) is 24.3 Å². The number of nitrogens with zero attached hydrogens (tertiary/aromatic N) is 4. The zero-order valence-corrected chi connectivity index (χ0v) is 17.2. The van der Waals surface area contributed by atoms with E-state index < -0.39 is 0 Å². The van der Waals surface area contributed by atoms with Crippen LogP contribution in [0.5, 0.6) is 0 Å². The first-order chi connectivity index (χ1) is 13.8. The van der Waals surface area contributed by atoms with Crippen molar-refractivity contribution in [1.29, 1.82) is 10.5 Å². The third-order valence-corrected chi connectivity index (χ3v) is 6.96. The molecule has 4 rings (SSSR count). The lowest BCUT2D eigenvalue weighted by molar-refractivity contribution is 0.891. The quantitative estimate of drug-likeness (QED) is 0.516. The summed E-state index contributed by atoms with van der Waals surface area (Å²) < 4.78 is 0. The highest BCUT2D eigenvalue weighted by molar-refractivity contribution is 7.99. The number of aryl methyl sites for hydroxylation is 4. The van der Waals surface area contributed by atoms with Gasteiger partial charge >= 0.3 is 0 Å². The molecule has 0 aromatic carbocycles. The van der Waals surface area contributed by atoms with Crippen LogP contribution in [0.4, 0.5) is 0 Å². The fraction of sp³-hybridized carbons (Fsp3) is 0.364. The van der Waals surface area contributed by atoms with Gasteiger partial charge in [0.05, 0.1) is 11.1 Å². The predicted molar refractivity (Wildman–Crippen MR) is 113 cm³/mol. The van der Waals surface area contributed by atoms with Crippen LogP contribution in [0.15, 0.2) is 34.3 Å². The smallest absolute Gasteiger partial charge is 0.114 e. The van der Waals surface area contributed by atoms with Gasteiger partial charge in [0.1, 0.15) is 22.2 Å². The van der Waals surface area contributed by atoms with Crippen molar-refractivity contribution in [2.75, 3.05) is 11.5 Å². The summed E-state index contributed by atoms with van der Waals surface area (Å²) in [6.07, 6.45) is 10.6. The molecule has 2 aliphatic carbocycles. The molecule has 0 aliphatic heterocycles. The van der Waals surface area contributed by atoms with Gasteiger partial charge in [0, 0.05) is 22.9 Å². The highest BCUT2D eigenvalue weighted by Crippen LogP contribution is 2.29. The molecule has 0 fully saturated rings. The fourth-order valence-electron chi connectivity index (χ4n) is 3.68. The van der Waals surface area contributed by atoms with Gasteiger partial charge in [0.25, 0.3) is 0 Å². The first-order valence-electron chi connectivity index (χ1n) is 9.55. The van der Waals surface area contributed by atoms with E-state index in [0.29, 0.717) is 11.1 Å². The van der Waals surface area contributed by atoms with E-state index >= 15 is 0 Å². The van der Waals surface area contributed by atoms with Crippen LogP contribution in [-0.4, -0.2) is 21.5 Å². The number of fused-ring (bicyclic) bond motifs is 2. The Morgan fingerprint density at radius 1 is 0.786 bits per heavy atom. The summed E-state index contributed by atoms with van der Waals surface area (Å²) in [5.74, 6) is 1.56. The first kappa shape index (κ1) is 19.1. The molecule has 0 saturated heterocycles. The minimum atomic E-state index is 0.689. The zero-order chi connectivity index (χ0) is 19.3. The van der Waals surface area contributed by atoms with E-state index in [-0.39, 0.29) is 0 Å². The lowest BCUT2D eigenvalue weighted by Crippen LogP contribution is -1.95. The van der Waals surface area contributed by atoms with Crippen molar-refractivity contribution in [3.63, 3.8) is 0 Å². The Labute approximate surface area is 174 Å². The summed E-state index contributed by atoms with van der Waals surface area (Å²) in [4.78, 5) is 9.40. The number of thioether (sulfide) groups is 2. The van der Waals surface area contributed by atoms with Gasteiger partial charge in [-0.2, -0.15) is 10.5 Å². The maximum atomic E-state index is 9.37. The van der Waals surface area contributed by atoms with Gasteiger partial charge in [-0.15, -0.1) is 23.5 Å². The number of hydrogen-bond donors (Lipinski definition) is 0. The molecule has 140 valence electrons. The van der Waals surface area contributed by atoms with Crippen LogP contribution in [0.2, 0.25) is 0 Å². The summed E-state index contributed by atoms with van der Waals surface area (Å²) in [7, 11) is 0. The van der Waals surface area contributed by atoms with Crippen LogP contribution in [0.25, 0.3) is 0 Å². The zero-order valence-electron chi connectivity index (χ0n) is 15.6. The average Bonchev–Trinajstić information content (AvgIpc) is 3.37. The van der Waals surface area contributed by atoms with Gasteiger partial charge in [0.15, 0.2) is 0 Å². The van der Waals surface area contributed by atoms with Gasteiger partial charge in [-0.25, -0.2) is 9.97 Å². The molecule has 0 radical (unpaired) electrons. The summed E-state index contributed by atoms with van der Waals surface area (Å²) >= 11 is 3.22. The Morgan fingerprint density at radius 2 is 1.25 bits per heavy atom. The van der Waals surface area contributed by atoms with E-state index in [4.69, 9.17) is 9.97 Å². The molecule has 0 amide bonds. The van der Waals surface area contributed by atoms with Gasteiger partial charge < -0.3 is 0 Å². The van der Waals surface area contributed by atoms with Gasteiger partial charge in [-0.3, -0.25) is 0 Å². The van der Waals surface area contributed by atoms with Crippen LogP contribution >= 0.6 is 23.5 Å². The standard InChI is InChI=1S/C22H20N4S2/c23-13-17-11-15-5-3-7-19(15)25-21(17)27-9-1-2-10-28-22-18(14-24)12-16-6-4-8-20(16)26-22/h1-2,11-12H,3-10H2. The summed E-state index contributed by atoms with van der Waals surface area (Å²) in [5, 5.41) is 20.4. The molecule has 2 aromatic rings. The van der Waals surface area contributed by atoms with Crippen molar-refractivity contribution >= 4 is 23.5 Å².